The molecule has 0 aliphatic heterocycles. The van der Waals surface area contributed by atoms with Crippen LogP contribution in [-0.4, -0.2) is 20.5 Å². The standard InChI is InChI=1S/C27H23FN4O2/c1-15-23(26(33)29-16(2)18-10-12-22(28)13-11-18)31-32-17(3)24(30-27(34)25(15)32)21-9-8-19-6-4-5-7-20(19)14-21/h4-14,16H,1-3H3,(H,29,33)(H,30,34)/t16-/m1/s1. The van der Waals surface area contributed by atoms with Gasteiger partial charge in [0, 0.05) is 11.1 Å². The Morgan fingerprint density at radius 2 is 1.74 bits per heavy atom. The first-order valence-electron chi connectivity index (χ1n) is 11.0. The van der Waals surface area contributed by atoms with Crippen LogP contribution < -0.4 is 10.9 Å². The second-order valence-corrected chi connectivity index (χ2v) is 8.46. The predicted octanol–water partition coefficient (Wildman–Crippen LogP) is 5.09. The van der Waals surface area contributed by atoms with Crippen molar-refractivity contribution in [2.24, 2.45) is 0 Å². The molecule has 5 rings (SSSR count). The van der Waals surface area contributed by atoms with E-state index in [0.717, 1.165) is 27.6 Å². The highest BCUT2D eigenvalue weighted by Gasteiger charge is 2.22. The van der Waals surface area contributed by atoms with E-state index in [-0.39, 0.29) is 23.1 Å². The van der Waals surface area contributed by atoms with E-state index >= 15 is 0 Å². The Balaban J connectivity index is 1.55. The molecule has 0 aliphatic rings. The Kier molecular flexibility index (Phi) is 5.24. The van der Waals surface area contributed by atoms with E-state index in [1.54, 1.807) is 19.1 Å². The highest BCUT2D eigenvalue weighted by atomic mass is 19.1. The maximum atomic E-state index is 13.2. The van der Waals surface area contributed by atoms with Crippen molar-refractivity contribution in [2.75, 3.05) is 0 Å². The Hall–Kier alpha value is -4.26. The third kappa shape index (κ3) is 3.65. The number of H-pyrrole nitrogens is 1. The number of aromatic amines is 1. The van der Waals surface area contributed by atoms with Gasteiger partial charge >= 0.3 is 0 Å². The molecule has 7 heteroatoms. The number of nitrogens with zero attached hydrogens (tertiary/aromatic N) is 2. The van der Waals surface area contributed by atoms with Crippen molar-refractivity contribution in [1.29, 1.82) is 0 Å². The highest BCUT2D eigenvalue weighted by molar-refractivity contribution is 5.96. The van der Waals surface area contributed by atoms with Gasteiger partial charge < -0.3 is 10.3 Å². The van der Waals surface area contributed by atoms with E-state index in [9.17, 15) is 14.0 Å². The van der Waals surface area contributed by atoms with E-state index in [1.807, 2.05) is 56.3 Å². The van der Waals surface area contributed by atoms with Gasteiger partial charge in [0.15, 0.2) is 5.69 Å². The molecule has 5 aromatic rings. The van der Waals surface area contributed by atoms with Crippen LogP contribution in [0.2, 0.25) is 0 Å². The van der Waals surface area contributed by atoms with Gasteiger partial charge in [-0.05, 0) is 55.3 Å². The fourth-order valence-corrected chi connectivity index (χ4v) is 4.32. The van der Waals surface area contributed by atoms with E-state index in [4.69, 9.17) is 0 Å². The fourth-order valence-electron chi connectivity index (χ4n) is 4.32. The summed E-state index contributed by atoms with van der Waals surface area (Å²) in [4.78, 5) is 29.1. The first-order valence-corrected chi connectivity index (χ1v) is 11.0. The van der Waals surface area contributed by atoms with Gasteiger partial charge in [0.05, 0.1) is 17.4 Å². The minimum Gasteiger partial charge on any atom is -0.344 e. The molecule has 0 spiro atoms. The molecular weight excluding hydrogens is 431 g/mol. The third-order valence-electron chi connectivity index (χ3n) is 6.23. The van der Waals surface area contributed by atoms with Crippen LogP contribution in [-0.2, 0) is 0 Å². The van der Waals surface area contributed by atoms with Crippen molar-refractivity contribution >= 4 is 22.2 Å². The highest BCUT2D eigenvalue weighted by Crippen LogP contribution is 2.26. The van der Waals surface area contributed by atoms with Crippen LogP contribution in [0, 0.1) is 19.7 Å². The molecule has 6 nitrogen and oxygen atoms in total. The summed E-state index contributed by atoms with van der Waals surface area (Å²) in [6.45, 7) is 5.39. The van der Waals surface area contributed by atoms with Gasteiger partial charge in [-0.2, -0.15) is 5.10 Å². The van der Waals surface area contributed by atoms with Crippen LogP contribution in [0.15, 0.2) is 71.5 Å². The number of halogens is 1. The molecule has 170 valence electrons. The molecule has 2 N–H and O–H groups in total. The Morgan fingerprint density at radius 1 is 1.03 bits per heavy atom. The number of amides is 1. The second-order valence-electron chi connectivity index (χ2n) is 8.46. The molecule has 0 fully saturated rings. The van der Waals surface area contributed by atoms with Crippen molar-refractivity contribution in [3.8, 4) is 11.3 Å². The van der Waals surface area contributed by atoms with E-state index in [2.05, 4.69) is 15.4 Å². The maximum Gasteiger partial charge on any atom is 0.274 e. The molecule has 1 atom stereocenters. The van der Waals surface area contributed by atoms with Crippen LogP contribution in [0.4, 0.5) is 4.39 Å². The molecule has 3 aromatic carbocycles. The van der Waals surface area contributed by atoms with Gasteiger partial charge in [-0.1, -0.05) is 48.5 Å². The molecule has 0 bridgehead atoms. The number of benzene rings is 3. The Labute approximate surface area is 195 Å². The molecule has 0 unspecified atom stereocenters. The molecule has 2 heterocycles. The summed E-state index contributed by atoms with van der Waals surface area (Å²) in [7, 11) is 0. The SMILES string of the molecule is Cc1c(C(=O)N[C@H](C)c2ccc(F)cc2)nn2c(C)c(-c3ccc4ccccc4c3)[nH]c(=O)c12. The van der Waals surface area contributed by atoms with Crippen molar-refractivity contribution in [2.45, 2.75) is 26.8 Å². The average Bonchev–Trinajstić information content (AvgIpc) is 3.19. The zero-order valence-corrected chi connectivity index (χ0v) is 19.0. The van der Waals surface area contributed by atoms with Gasteiger partial charge in [0.2, 0.25) is 0 Å². The monoisotopic (exact) mass is 454 g/mol. The lowest BCUT2D eigenvalue weighted by molar-refractivity contribution is 0.0934. The number of rotatable bonds is 4. The normalized spacial score (nSPS) is 12.2. The predicted molar refractivity (Wildman–Crippen MR) is 131 cm³/mol. The lowest BCUT2D eigenvalue weighted by Crippen LogP contribution is -2.27. The first-order chi connectivity index (χ1) is 16.3. The summed E-state index contributed by atoms with van der Waals surface area (Å²) in [6, 6.07) is 19.6. The number of hydrogen-bond acceptors (Lipinski definition) is 3. The van der Waals surface area contributed by atoms with Crippen molar-refractivity contribution in [3.05, 3.63) is 105 Å². The summed E-state index contributed by atoms with van der Waals surface area (Å²) in [6.07, 6.45) is 0. The zero-order chi connectivity index (χ0) is 24.0. The number of nitrogens with one attached hydrogen (secondary N) is 2. The number of fused-ring (bicyclic) bond motifs is 2. The van der Waals surface area contributed by atoms with Gasteiger partial charge in [-0.3, -0.25) is 9.59 Å². The molecule has 1 amide bonds. The molecule has 0 aliphatic carbocycles. The summed E-state index contributed by atoms with van der Waals surface area (Å²) in [5.41, 5.74) is 3.70. The molecule has 34 heavy (non-hydrogen) atoms. The average molecular weight is 455 g/mol. The van der Waals surface area contributed by atoms with Crippen LogP contribution in [0.5, 0.6) is 0 Å². The van der Waals surface area contributed by atoms with Crippen LogP contribution in [0.25, 0.3) is 27.5 Å². The zero-order valence-electron chi connectivity index (χ0n) is 19.0. The Morgan fingerprint density at radius 3 is 2.47 bits per heavy atom. The van der Waals surface area contributed by atoms with Crippen LogP contribution in [0.1, 0.15) is 40.3 Å². The molecule has 2 aromatic heterocycles. The minimum atomic E-state index is -0.399. The van der Waals surface area contributed by atoms with Crippen molar-refractivity contribution < 1.29 is 9.18 Å². The lowest BCUT2D eigenvalue weighted by atomic mass is 10.0. The number of carbonyl (C=O) groups excluding carboxylic acids is 1. The number of aromatic nitrogens is 3. The quantitative estimate of drug-likeness (QED) is 0.397. The van der Waals surface area contributed by atoms with Crippen LogP contribution >= 0.6 is 0 Å². The minimum absolute atomic E-state index is 0.179. The number of carbonyl (C=O) groups is 1. The first kappa shape index (κ1) is 21.6. The molecular formula is C27H23FN4O2. The smallest absolute Gasteiger partial charge is 0.274 e. The largest absolute Gasteiger partial charge is 0.344 e. The van der Waals surface area contributed by atoms with Crippen molar-refractivity contribution in [1.82, 2.24) is 19.9 Å². The maximum absolute atomic E-state index is 13.2. The van der Waals surface area contributed by atoms with Gasteiger partial charge in [0.25, 0.3) is 11.5 Å². The van der Waals surface area contributed by atoms with Gasteiger partial charge in [0.1, 0.15) is 11.3 Å². The molecule has 0 saturated carbocycles. The van der Waals surface area contributed by atoms with E-state index < -0.39 is 5.91 Å². The Bertz CT molecular complexity index is 1620. The molecule has 0 saturated heterocycles. The van der Waals surface area contributed by atoms with Gasteiger partial charge in [-0.15, -0.1) is 0 Å². The van der Waals surface area contributed by atoms with Gasteiger partial charge in [-0.25, -0.2) is 8.91 Å². The second kappa shape index (κ2) is 8.26. The molecule has 0 radical (unpaired) electrons. The lowest BCUT2D eigenvalue weighted by Gasteiger charge is -2.13. The topological polar surface area (TPSA) is 79.3 Å². The van der Waals surface area contributed by atoms with E-state index in [0.29, 0.717) is 16.8 Å². The van der Waals surface area contributed by atoms with Crippen molar-refractivity contribution in [3.63, 3.8) is 0 Å². The summed E-state index contributed by atoms with van der Waals surface area (Å²) in [5.74, 6) is -0.737. The fraction of sp³-hybridized carbons (Fsp3) is 0.148. The number of hydrogen-bond donors (Lipinski definition) is 2. The van der Waals surface area contributed by atoms with Crippen LogP contribution in [0.3, 0.4) is 0 Å². The third-order valence-corrected chi connectivity index (χ3v) is 6.23. The summed E-state index contributed by atoms with van der Waals surface area (Å²) < 4.78 is 14.8. The number of aryl methyl sites for hydroxylation is 2. The summed E-state index contributed by atoms with van der Waals surface area (Å²) in [5, 5.41) is 9.57. The van der Waals surface area contributed by atoms with E-state index in [1.165, 1.54) is 16.6 Å². The summed E-state index contributed by atoms with van der Waals surface area (Å²) >= 11 is 0.